The predicted octanol–water partition coefficient (Wildman–Crippen LogP) is 3.93. The quantitative estimate of drug-likeness (QED) is 0.558. The Balaban J connectivity index is 1.77. The number of amides is 1. The van der Waals surface area contributed by atoms with E-state index in [1.807, 2.05) is 32.9 Å². The average molecular weight is 461 g/mol. The number of nitrogens with one attached hydrogen (secondary N) is 2. The number of aryl methyl sites for hydroxylation is 1. The number of benzene rings is 2. The molecule has 0 saturated carbocycles. The molecule has 3 aromatic rings. The zero-order chi connectivity index (χ0) is 22.8. The third-order valence-corrected chi connectivity index (χ3v) is 5.79. The van der Waals surface area contributed by atoms with Crippen molar-refractivity contribution >= 4 is 33.2 Å². The van der Waals surface area contributed by atoms with E-state index in [0.717, 1.165) is 28.9 Å². The number of anilines is 1. The van der Waals surface area contributed by atoms with Gasteiger partial charge in [-0.1, -0.05) is 29.8 Å². The molecular weight excluding hydrogens is 436 g/mol. The Labute approximate surface area is 187 Å². The van der Waals surface area contributed by atoms with Gasteiger partial charge in [-0.25, -0.2) is 13.1 Å². The Morgan fingerprint density at radius 2 is 1.77 bits per heavy atom. The zero-order valence-corrected chi connectivity index (χ0v) is 19.4. The van der Waals surface area contributed by atoms with Crippen LogP contribution in [0.5, 0.6) is 0 Å². The van der Waals surface area contributed by atoms with E-state index in [-0.39, 0.29) is 18.4 Å². The first-order valence-corrected chi connectivity index (χ1v) is 12.0. The molecule has 1 heterocycles. The number of halogens is 1. The third kappa shape index (κ3) is 5.65. The topological polar surface area (TPSA) is 93.1 Å². The van der Waals surface area contributed by atoms with Crippen molar-refractivity contribution in [1.82, 2.24) is 15.1 Å². The molecule has 1 atom stereocenters. The Morgan fingerprint density at radius 1 is 1.13 bits per heavy atom. The van der Waals surface area contributed by atoms with E-state index in [4.69, 9.17) is 11.6 Å². The molecule has 0 saturated heterocycles. The molecule has 2 N–H and O–H groups in total. The number of sulfonamides is 1. The van der Waals surface area contributed by atoms with Gasteiger partial charge in [0.15, 0.2) is 0 Å². The molecule has 31 heavy (non-hydrogen) atoms. The molecular formula is C22H25ClN4O3S. The van der Waals surface area contributed by atoms with E-state index in [1.54, 1.807) is 41.1 Å². The molecule has 1 aromatic heterocycles. The van der Waals surface area contributed by atoms with Gasteiger partial charge in [0.25, 0.3) is 0 Å². The monoisotopic (exact) mass is 460 g/mol. The molecule has 0 bridgehead atoms. The molecule has 0 aliphatic rings. The summed E-state index contributed by atoms with van der Waals surface area (Å²) in [6.07, 6.45) is 1.26. The molecule has 0 spiro atoms. The highest BCUT2D eigenvalue weighted by molar-refractivity contribution is 7.92. The minimum atomic E-state index is -3.43. The summed E-state index contributed by atoms with van der Waals surface area (Å²) in [7, 11) is -3.43. The van der Waals surface area contributed by atoms with Gasteiger partial charge in [0.2, 0.25) is 15.9 Å². The minimum absolute atomic E-state index is 0.164. The highest BCUT2D eigenvalue weighted by atomic mass is 35.5. The van der Waals surface area contributed by atoms with Crippen molar-refractivity contribution in [2.24, 2.45) is 0 Å². The SMILES string of the molecule is Cc1nn(-c2ccc(Cl)cc2)c(C)c1CC(=O)NC(C)c1ccccc1NS(C)(=O)=O. The second-order valence-electron chi connectivity index (χ2n) is 7.47. The maximum absolute atomic E-state index is 12.8. The molecule has 0 radical (unpaired) electrons. The number of nitrogens with zero attached hydrogens (tertiary/aromatic N) is 2. The van der Waals surface area contributed by atoms with Gasteiger partial charge in [0, 0.05) is 16.3 Å². The van der Waals surface area contributed by atoms with Crippen LogP contribution in [0.3, 0.4) is 0 Å². The molecule has 0 aliphatic heterocycles. The summed E-state index contributed by atoms with van der Waals surface area (Å²) >= 11 is 5.97. The van der Waals surface area contributed by atoms with Gasteiger partial charge in [-0.15, -0.1) is 0 Å². The molecule has 2 aromatic carbocycles. The summed E-state index contributed by atoms with van der Waals surface area (Å²) in [5.74, 6) is -0.177. The van der Waals surface area contributed by atoms with Crippen molar-refractivity contribution < 1.29 is 13.2 Å². The first-order chi connectivity index (χ1) is 14.5. The second-order valence-corrected chi connectivity index (χ2v) is 9.65. The van der Waals surface area contributed by atoms with Gasteiger partial charge < -0.3 is 5.32 Å². The molecule has 1 unspecified atom stereocenters. The fourth-order valence-electron chi connectivity index (χ4n) is 3.46. The average Bonchev–Trinajstić information content (AvgIpc) is 2.96. The summed E-state index contributed by atoms with van der Waals surface area (Å²) in [5, 5.41) is 8.17. The molecule has 0 fully saturated rings. The lowest BCUT2D eigenvalue weighted by Gasteiger charge is -2.18. The van der Waals surface area contributed by atoms with Crippen LogP contribution in [0.4, 0.5) is 5.69 Å². The molecule has 0 aliphatic carbocycles. The van der Waals surface area contributed by atoms with Crippen LogP contribution in [-0.2, 0) is 21.2 Å². The number of rotatable bonds is 7. The third-order valence-electron chi connectivity index (χ3n) is 4.95. The van der Waals surface area contributed by atoms with Crippen molar-refractivity contribution in [3.05, 3.63) is 76.1 Å². The molecule has 7 nitrogen and oxygen atoms in total. The summed E-state index contributed by atoms with van der Waals surface area (Å²) < 4.78 is 27.6. The number of carbonyl (C=O) groups excluding carboxylic acids is 1. The van der Waals surface area contributed by atoms with Gasteiger partial charge in [0.1, 0.15) is 0 Å². The normalized spacial score (nSPS) is 12.4. The smallest absolute Gasteiger partial charge is 0.229 e. The van der Waals surface area contributed by atoms with E-state index in [9.17, 15) is 13.2 Å². The summed E-state index contributed by atoms with van der Waals surface area (Å²) in [5.41, 5.74) is 4.50. The highest BCUT2D eigenvalue weighted by Crippen LogP contribution is 2.24. The maximum Gasteiger partial charge on any atom is 0.229 e. The number of para-hydroxylation sites is 1. The van der Waals surface area contributed by atoms with Gasteiger partial charge in [-0.05, 0) is 56.7 Å². The van der Waals surface area contributed by atoms with E-state index < -0.39 is 10.0 Å². The first kappa shape index (κ1) is 22.8. The van der Waals surface area contributed by atoms with Crippen LogP contribution in [0.1, 0.15) is 35.5 Å². The van der Waals surface area contributed by atoms with E-state index >= 15 is 0 Å². The van der Waals surface area contributed by atoms with Crippen LogP contribution in [-0.4, -0.2) is 30.4 Å². The Bertz CT molecular complexity index is 1200. The Morgan fingerprint density at radius 3 is 2.42 bits per heavy atom. The van der Waals surface area contributed by atoms with Crippen molar-refractivity contribution in [3.8, 4) is 5.69 Å². The number of aromatic nitrogens is 2. The van der Waals surface area contributed by atoms with Crippen LogP contribution in [0.25, 0.3) is 5.69 Å². The van der Waals surface area contributed by atoms with Crippen molar-refractivity contribution in [2.45, 2.75) is 33.2 Å². The van der Waals surface area contributed by atoms with E-state index in [1.165, 1.54) is 0 Å². The van der Waals surface area contributed by atoms with Crippen molar-refractivity contribution in [3.63, 3.8) is 0 Å². The van der Waals surface area contributed by atoms with Crippen molar-refractivity contribution in [2.75, 3.05) is 11.0 Å². The summed E-state index contributed by atoms with van der Waals surface area (Å²) in [6, 6.07) is 14.0. The van der Waals surface area contributed by atoms with Crippen LogP contribution in [0.2, 0.25) is 5.02 Å². The van der Waals surface area contributed by atoms with Crippen molar-refractivity contribution in [1.29, 1.82) is 0 Å². The fourth-order valence-corrected chi connectivity index (χ4v) is 4.17. The zero-order valence-electron chi connectivity index (χ0n) is 17.8. The van der Waals surface area contributed by atoms with Crippen LogP contribution in [0.15, 0.2) is 48.5 Å². The maximum atomic E-state index is 12.8. The molecule has 1 amide bonds. The molecule has 3 rings (SSSR count). The van der Waals surface area contributed by atoms with Crippen LogP contribution in [0, 0.1) is 13.8 Å². The first-order valence-electron chi connectivity index (χ1n) is 9.72. The largest absolute Gasteiger partial charge is 0.349 e. The Hall–Kier alpha value is -2.84. The molecule has 9 heteroatoms. The predicted molar refractivity (Wildman–Crippen MR) is 123 cm³/mol. The van der Waals surface area contributed by atoms with Crippen LogP contribution >= 0.6 is 11.6 Å². The number of hydrogen-bond donors (Lipinski definition) is 2. The molecule has 164 valence electrons. The lowest BCUT2D eigenvalue weighted by atomic mass is 10.1. The number of hydrogen-bond acceptors (Lipinski definition) is 4. The Kier molecular flexibility index (Phi) is 6.71. The standard InChI is InChI=1S/C22H25ClN4O3S/c1-14(19-7-5-6-8-21(19)26-31(4,29)30)24-22(28)13-20-15(2)25-27(16(20)3)18-11-9-17(23)10-12-18/h5-12,14,26H,13H2,1-4H3,(H,24,28). The highest BCUT2D eigenvalue weighted by Gasteiger charge is 2.19. The lowest BCUT2D eigenvalue weighted by Crippen LogP contribution is -2.29. The van der Waals surface area contributed by atoms with Gasteiger partial charge in [-0.2, -0.15) is 5.10 Å². The lowest BCUT2D eigenvalue weighted by molar-refractivity contribution is -0.121. The summed E-state index contributed by atoms with van der Waals surface area (Å²) in [4.78, 5) is 12.8. The minimum Gasteiger partial charge on any atom is -0.349 e. The van der Waals surface area contributed by atoms with E-state index in [2.05, 4.69) is 15.1 Å². The van der Waals surface area contributed by atoms with E-state index in [0.29, 0.717) is 16.3 Å². The summed E-state index contributed by atoms with van der Waals surface area (Å²) in [6.45, 7) is 5.61. The number of carbonyl (C=O) groups is 1. The van der Waals surface area contributed by atoms with Gasteiger partial charge in [-0.3, -0.25) is 9.52 Å². The van der Waals surface area contributed by atoms with Gasteiger partial charge >= 0.3 is 0 Å². The van der Waals surface area contributed by atoms with Crippen LogP contribution < -0.4 is 10.0 Å². The van der Waals surface area contributed by atoms with Gasteiger partial charge in [0.05, 0.1) is 35.8 Å². The second kappa shape index (κ2) is 9.11. The fraction of sp³-hybridized carbons (Fsp3) is 0.273.